The molecule has 2 bridgehead atoms. The molecule has 2 aliphatic rings. The second-order valence-corrected chi connectivity index (χ2v) is 2.99. The van der Waals surface area contributed by atoms with Crippen LogP contribution < -0.4 is 5.73 Å². The van der Waals surface area contributed by atoms with Gasteiger partial charge in [-0.3, -0.25) is 0 Å². The minimum absolute atomic E-state index is 0.0697. The molecular formula is C7H8N2O2S. The molecule has 0 spiro atoms. The van der Waals surface area contributed by atoms with Gasteiger partial charge in [0.2, 0.25) is 6.29 Å². The van der Waals surface area contributed by atoms with E-state index >= 15 is 0 Å². The number of ether oxygens (including phenoxy) is 2. The highest BCUT2D eigenvalue weighted by atomic mass is 32.1. The molecule has 12 heavy (non-hydrogen) atoms. The third-order valence-electron chi connectivity index (χ3n) is 1.67. The van der Waals surface area contributed by atoms with Gasteiger partial charge in [0, 0.05) is 0 Å². The molecule has 2 aliphatic heterocycles. The van der Waals surface area contributed by atoms with Crippen LogP contribution >= 0.6 is 12.2 Å². The minimum atomic E-state index is -0.374. The van der Waals surface area contributed by atoms with Crippen molar-refractivity contribution in [1.82, 2.24) is 0 Å². The first kappa shape index (κ1) is 7.85. The Morgan fingerprint density at radius 2 is 2.58 bits per heavy atom. The molecule has 0 aromatic carbocycles. The smallest absolute Gasteiger partial charge is 0.201 e. The van der Waals surface area contributed by atoms with E-state index in [1.54, 1.807) is 0 Å². The first-order valence-electron chi connectivity index (χ1n) is 3.59. The summed E-state index contributed by atoms with van der Waals surface area (Å²) in [6, 6.07) is 0. The first-order valence-corrected chi connectivity index (χ1v) is 4.00. The zero-order valence-corrected chi connectivity index (χ0v) is 7.08. The molecule has 0 amide bonds. The van der Waals surface area contributed by atoms with Crippen LogP contribution in [0.3, 0.4) is 0 Å². The number of thiocarbonyl (C=S) groups is 1. The number of hydrogen-bond acceptors (Lipinski definition) is 3. The molecule has 0 aromatic heterocycles. The topological polar surface area (TPSA) is 56.8 Å². The molecule has 2 rings (SSSR count). The molecule has 0 saturated carbocycles. The van der Waals surface area contributed by atoms with Crippen LogP contribution in [0.25, 0.3) is 0 Å². The first-order chi connectivity index (χ1) is 5.75. The van der Waals surface area contributed by atoms with Crippen molar-refractivity contribution < 1.29 is 9.47 Å². The van der Waals surface area contributed by atoms with E-state index in [-0.39, 0.29) is 17.5 Å². The van der Waals surface area contributed by atoms with Crippen molar-refractivity contribution in [3.05, 3.63) is 12.2 Å². The van der Waals surface area contributed by atoms with Gasteiger partial charge in [-0.15, -0.1) is 0 Å². The van der Waals surface area contributed by atoms with E-state index in [0.29, 0.717) is 12.3 Å². The Morgan fingerprint density at radius 1 is 1.75 bits per heavy atom. The Bertz CT molecular complexity index is 275. The SMILES string of the molecule is NC(=S)N=C1C=C[C@H]2CO[C@@H]1O2. The summed E-state index contributed by atoms with van der Waals surface area (Å²) in [5, 5.41) is 0.104. The molecule has 0 aromatic rings. The van der Waals surface area contributed by atoms with Crippen LogP contribution in [0.1, 0.15) is 0 Å². The number of aliphatic imine (C=N–C) groups is 1. The number of rotatable bonds is 0. The second-order valence-electron chi connectivity index (χ2n) is 2.57. The Morgan fingerprint density at radius 3 is 3.33 bits per heavy atom. The lowest BCUT2D eigenvalue weighted by atomic mass is 10.2. The van der Waals surface area contributed by atoms with Crippen LogP contribution in [0.2, 0.25) is 0 Å². The average Bonchev–Trinajstić information content (AvgIpc) is 2.39. The Balaban J connectivity index is 2.22. The maximum Gasteiger partial charge on any atom is 0.201 e. The Labute approximate surface area is 75.0 Å². The lowest BCUT2D eigenvalue weighted by molar-refractivity contribution is 0.00259. The van der Waals surface area contributed by atoms with E-state index in [2.05, 4.69) is 17.2 Å². The van der Waals surface area contributed by atoms with E-state index in [9.17, 15) is 0 Å². The van der Waals surface area contributed by atoms with Crippen molar-refractivity contribution in [1.29, 1.82) is 0 Å². The van der Waals surface area contributed by atoms with E-state index in [1.165, 1.54) is 0 Å². The predicted octanol–water partition coefficient (Wildman–Crippen LogP) is -0.0177. The molecule has 1 fully saturated rings. The van der Waals surface area contributed by atoms with Crippen molar-refractivity contribution in [3.63, 3.8) is 0 Å². The fourth-order valence-electron chi connectivity index (χ4n) is 1.18. The number of nitrogens with zero attached hydrogens (tertiary/aromatic N) is 1. The minimum Gasteiger partial charge on any atom is -0.374 e. The highest BCUT2D eigenvalue weighted by molar-refractivity contribution is 7.80. The molecule has 0 radical (unpaired) electrons. The summed E-state index contributed by atoms with van der Waals surface area (Å²) in [5.74, 6) is 0. The van der Waals surface area contributed by atoms with E-state index < -0.39 is 0 Å². The van der Waals surface area contributed by atoms with Gasteiger partial charge in [0.15, 0.2) is 5.11 Å². The number of fused-ring (bicyclic) bond motifs is 2. The molecule has 2 N–H and O–H groups in total. The van der Waals surface area contributed by atoms with Gasteiger partial charge in [-0.05, 0) is 18.3 Å². The Kier molecular flexibility index (Phi) is 1.92. The van der Waals surface area contributed by atoms with Crippen LogP contribution in [-0.2, 0) is 9.47 Å². The average molecular weight is 184 g/mol. The molecule has 0 unspecified atom stereocenters. The largest absolute Gasteiger partial charge is 0.374 e. The van der Waals surface area contributed by atoms with Gasteiger partial charge in [0.1, 0.15) is 6.10 Å². The van der Waals surface area contributed by atoms with Gasteiger partial charge >= 0.3 is 0 Å². The van der Waals surface area contributed by atoms with E-state index in [4.69, 9.17) is 15.2 Å². The third-order valence-corrected chi connectivity index (χ3v) is 1.76. The van der Waals surface area contributed by atoms with Crippen LogP contribution in [-0.4, -0.2) is 29.8 Å². The standard InChI is InChI=1S/C7H8N2O2S/c8-7(12)9-5-2-1-4-3-10-6(5)11-4/h1-2,4,6H,3H2,(H2,8,12)/t4-,6+/m0/s1. The molecule has 4 nitrogen and oxygen atoms in total. The van der Waals surface area contributed by atoms with Crippen LogP contribution in [0.15, 0.2) is 17.1 Å². The van der Waals surface area contributed by atoms with Crippen molar-refractivity contribution >= 4 is 23.0 Å². The summed E-state index contributed by atoms with van der Waals surface area (Å²) in [7, 11) is 0. The van der Waals surface area contributed by atoms with Gasteiger partial charge < -0.3 is 15.2 Å². The third kappa shape index (κ3) is 1.38. The van der Waals surface area contributed by atoms with E-state index in [1.807, 2.05) is 12.2 Å². The number of hydrogen-bond donors (Lipinski definition) is 1. The van der Waals surface area contributed by atoms with Crippen LogP contribution in [0.5, 0.6) is 0 Å². The maximum atomic E-state index is 5.36. The van der Waals surface area contributed by atoms with Crippen LogP contribution in [0.4, 0.5) is 0 Å². The molecular weight excluding hydrogens is 176 g/mol. The normalized spacial score (nSPS) is 35.8. The molecule has 0 aliphatic carbocycles. The summed E-state index contributed by atoms with van der Waals surface area (Å²) in [6.45, 7) is 0.581. The molecule has 2 heterocycles. The summed E-state index contributed by atoms with van der Waals surface area (Å²) in [4.78, 5) is 3.90. The van der Waals surface area contributed by atoms with Gasteiger partial charge in [0.05, 0.1) is 12.3 Å². The summed E-state index contributed by atoms with van der Waals surface area (Å²) < 4.78 is 10.6. The Hall–Kier alpha value is -0.780. The molecule has 64 valence electrons. The van der Waals surface area contributed by atoms with Crippen molar-refractivity contribution in [2.45, 2.75) is 12.4 Å². The molecule has 1 saturated heterocycles. The van der Waals surface area contributed by atoms with Gasteiger partial charge in [0.25, 0.3) is 0 Å². The lowest BCUT2D eigenvalue weighted by Gasteiger charge is -2.13. The molecule has 2 atom stereocenters. The highest BCUT2D eigenvalue weighted by Crippen LogP contribution is 2.19. The summed E-state index contributed by atoms with van der Waals surface area (Å²) in [6.07, 6.45) is 3.42. The van der Waals surface area contributed by atoms with Gasteiger partial charge in [-0.25, -0.2) is 4.99 Å². The second kappa shape index (κ2) is 2.93. The fourth-order valence-corrected chi connectivity index (χ4v) is 1.28. The molecule has 5 heteroatoms. The van der Waals surface area contributed by atoms with Gasteiger partial charge in [-0.2, -0.15) is 0 Å². The van der Waals surface area contributed by atoms with E-state index in [0.717, 1.165) is 0 Å². The highest BCUT2D eigenvalue weighted by Gasteiger charge is 2.31. The predicted molar refractivity (Wildman–Crippen MR) is 48.0 cm³/mol. The van der Waals surface area contributed by atoms with Crippen molar-refractivity contribution in [2.24, 2.45) is 10.7 Å². The zero-order chi connectivity index (χ0) is 8.55. The van der Waals surface area contributed by atoms with Crippen LogP contribution in [0, 0.1) is 0 Å². The number of nitrogens with two attached hydrogens (primary N) is 1. The van der Waals surface area contributed by atoms with Crippen molar-refractivity contribution in [2.75, 3.05) is 6.61 Å². The maximum absolute atomic E-state index is 5.36. The monoisotopic (exact) mass is 184 g/mol. The summed E-state index contributed by atoms with van der Waals surface area (Å²) in [5.41, 5.74) is 5.90. The fraction of sp³-hybridized carbons (Fsp3) is 0.429. The van der Waals surface area contributed by atoms with Gasteiger partial charge in [-0.1, -0.05) is 6.08 Å². The zero-order valence-electron chi connectivity index (χ0n) is 6.27. The van der Waals surface area contributed by atoms with Crippen molar-refractivity contribution in [3.8, 4) is 0 Å². The summed E-state index contributed by atoms with van der Waals surface area (Å²) >= 11 is 4.64. The quantitative estimate of drug-likeness (QED) is 0.538. The lowest BCUT2D eigenvalue weighted by Crippen LogP contribution is -2.26.